The maximum atomic E-state index is 12.0. The number of benzene rings is 2. The van der Waals surface area contributed by atoms with Gasteiger partial charge in [-0.05, 0) is 46.3 Å². The summed E-state index contributed by atoms with van der Waals surface area (Å²) in [5.74, 6) is -0.163. The lowest BCUT2D eigenvalue weighted by Crippen LogP contribution is -2.13. The maximum absolute atomic E-state index is 12.0. The van der Waals surface area contributed by atoms with Gasteiger partial charge in [-0.25, -0.2) is 0 Å². The average molecular weight is 335 g/mol. The number of thiocarbonyl (C=S) groups is 1. The van der Waals surface area contributed by atoms with Crippen molar-refractivity contribution < 1.29 is 4.79 Å². The lowest BCUT2D eigenvalue weighted by atomic mass is 10.2. The molecule has 2 aromatic carbocycles. The topological polar surface area (TPSA) is 55.1 Å². The predicted molar refractivity (Wildman–Crippen MR) is 84.4 cm³/mol. The molecule has 0 unspecified atom stereocenters. The highest BCUT2D eigenvalue weighted by atomic mass is 79.9. The molecular weight excluding hydrogens is 324 g/mol. The summed E-state index contributed by atoms with van der Waals surface area (Å²) in [4.78, 5) is 12.3. The molecular formula is C14H11BrN2OS. The molecule has 0 aliphatic rings. The Morgan fingerprint density at radius 3 is 2.37 bits per heavy atom. The minimum atomic E-state index is -0.163. The van der Waals surface area contributed by atoms with Crippen LogP contribution in [0.1, 0.15) is 15.9 Å². The van der Waals surface area contributed by atoms with E-state index < -0.39 is 0 Å². The first-order chi connectivity index (χ1) is 9.08. The normalized spacial score (nSPS) is 9.95. The number of carbonyl (C=O) groups is 1. The van der Waals surface area contributed by atoms with Crippen molar-refractivity contribution in [2.75, 3.05) is 5.32 Å². The number of hydrogen-bond acceptors (Lipinski definition) is 2. The summed E-state index contributed by atoms with van der Waals surface area (Å²) in [6.45, 7) is 0. The van der Waals surface area contributed by atoms with Gasteiger partial charge in [0.05, 0.1) is 5.69 Å². The first kappa shape index (κ1) is 13.7. The van der Waals surface area contributed by atoms with Crippen LogP contribution < -0.4 is 11.1 Å². The van der Waals surface area contributed by atoms with E-state index in [9.17, 15) is 4.79 Å². The third-order valence-corrected chi connectivity index (χ3v) is 3.43. The molecule has 0 atom stereocenters. The van der Waals surface area contributed by atoms with Crippen molar-refractivity contribution in [1.29, 1.82) is 0 Å². The number of hydrogen-bond donors (Lipinski definition) is 2. The highest BCUT2D eigenvalue weighted by molar-refractivity contribution is 9.10. The number of anilines is 1. The van der Waals surface area contributed by atoms with E-state index in [0.717, 1.165) is 10.0 Å². The van der Waals surface area contributed by atoms with Gasteiger partial charge in [-0.15, -0.1) is 0 Å². The zero-order chi connectivity index (χ0) is 13.8. The molecule has 2 aromatic rings. The lowest BCUT2D eigenvalue weighted by molar-refractivity contribution is 0.102. The molecule has 5 heteroatoms. The molecule has 0 spiro atoms. The number of halogens is 1. The van der Waals surface area contributed by atoms with Crippen LogP contribution in [0.3, 0.4) is 0 Å². The Kier molecular flexibility index (Phi) is 4.29. The van der Waals surface area contributed by atoms with Gasteiger partial charge in [0, 0.05) is 15.6 Å². The fourth-order valence-electron chi connectivity index (χ4n) is 1.55. The van der Waals surface area contributed by atoms with E-state index in [2.05, 4.69) is 21.2 Å². The molecule has 0 aliphatic heterocycles. The third-order valence-electron chi connectivity index (χ3n) is 2.54. The molecule has 0 heterocycles. The van der Waals surface area contributed by atoms with Crippen molar-refractivity contribution >= 4 is 44.7 Å². The number of amides is 1. The molecule has 19 heavy (non-hydrogen) atoms. The average Bonchev–Trinajstić information content (AvgIpc) is 2.41. The van der Waals surface area contributed by atoms with Gasteiger partial charge in [-0.2, -0.15) is 0 Å². The smallest absolute Gasteiger partial charge is 0.255 e. The van der Waals surface area contributed by atoms with E-state index in [-0.39, 0.29) is 5.91 Å². The van der Waals surface area contributed by atoms with Crippen LogP contribution in [0.4, 0.5) is 5.69 Å². The molecule has 0 fully saturated rings. The van der Waals surface area contributed by atoms with Crippen LogP contribution in [0, 0.1) is 0 Å². The van der Waals surface area contributed by atoms with E-state index in [0.29, 0.717) is 16.2 Å². The van der Waals surface area contributed by atoms with Gasteiger partial charge >= 0.3 is 0 Å². The van der Waals surface area contributed by atoms with Crippen LogP contribution in [0.25, 0.3) is 0 Å². The van der Waals surface area contributed by atoms with Crippen LogP contribution >= 0.6 is 28.1 Å². The number of rotatable bonds is 3. The van der Waals surface area contributed by atoms with Crippen molar-refractivity contribution in [1.82, 2.24) is 0 Å². The summed E-state index contributed by atoms with van der Waals surface area (Å²) >= 11 is 8.29. The predicted octanol–water partition coefficient (Wildman–Crippen LogP) is 3.34. The second kappa shape index (κ2) is 5.95. The Morgan fingerprint density at radius 2 is 1.79 bits per heavy atom. The van der Waals surface area contributed by atoms with Crippen molar-refractivity contribution in [3.63, 3.8) is 0 Å². The molecule has 1 amide bonds. The minimum absolute atomic E-state index is 0.163. The Bertz CT molecular complexity index is 629. The van der Waals surface area contributed by atoms with Gasteiger partial charge in [0.1, 0.15) is 4.99 Å². The van der Waals surface area contributed by atoms with Crippen LogP contribution in [-0.4, -0.2) is 10.9 Å². The SMILES string of the molecule is NC(=S)c1ccc(NC(=O)c2ccccc2)c(Br)c1. The van der Waals surface area contributed by atoms with Crippen LogP contribution in [0.15, 0.2) is 53.0 Å². The Balaban J connectivity index is 2.20. The van der Waals surface area contributed by atoms with Gasteiger partial charge in [0.15, 0.2) is 0 Å². The first-order valence-corrected chi connectivity index (χ1v) is 6.74. The fourth-order valence-corrected chi connectivity index (χ4v) is 2.16. The van der Waals surface area contributed by atoms with Crippen molar-refractivity contribution in [2.24, 2.45) is 5.73 Å². The fraction of sp³-hybridized carbons (Fsp3) is 0. The number of nitrogens with one attached hydrogen (secondary N) is 1. The highest BCUT2D eigenvalue weighted by Gasteiger charge is 2.08. The van der Waals surface area contributed by atoms with Gasteiger partial charge in [0.2, 0.25) is 0 Å². The Morgan fingerprint density at radius 1 is 1.11 bits per heavy atom. The summed E-state index contributed by atoms with van der Waals surface area (Å²) in [5, 5.41) is 2.82. The molecule has 2 rings (SSSR count). The second-order valence-corrected chi connectivity index (χ2v) is 5.17. The molecule has 3 nitrogen and oxygen atoms in total. The summed E-state index contributed by atoms with van der Waals surface area (Å²) in [6.07, 6.45) is 0. The van der Waals surface area contributed by atoms with Gasteiger partial charge in [-0.1, -0.05) is 30.4 Å². The quantitative estimate of drug-likeness (QED) is 0.846. The molecule has 3 N–H and O–H groups in total. The zero-order valence-corrected chi connectivity index (χ0v) is 12.3. The number of carbonyl (C=O) groups excluding carboxylic acids is 1. The minimum Gasteiger partial charge on any atom is -0.389 e. The maximum Gasteiger partial charge on any atom is 0.255 e. The molecule has 0 aromatic heterocycles. The highest BCUT2D eigenvalue weighted by Crippen LogP contribution is 2.24. The van der Waals surface area contributed by atoms with Crippen molar-refractivity contribution in [3.05, 3.63) is 64.1 Å². The monoisotopic (exact) mass is 334 g/mol. The number of nitrogens with two attached hydrogens (primary N) is 1. The zero-order valence-electron chi connectivity index (χ0n) is 9.89. The van der Waals surface area contributed by atoms with Crippen LogP contribution in [0.5, 0.6) is 0 Å². The van der Waals surface area contributed by atoms with Crippen LogP contribution in [-0.2, 0) is 0 Å². The van der Waals surface area contributed by atoms with E-state index in [1.807, 2.05) is 18.2 Å². The lowest BCUT2D eigenvalue weighted by Gasteiger charge is -2.08. The van der Waals surface area contributed by atoms with E-state index in [1.165, 1.54) is 0 Å². The van der Waals surface area contributed by atoms with Crippen LogP contribution in [0.2, 0.25) is 0 Å². The second-order valence-electron chi connectivity index (χ2n) is 3.88. The summed E-state index contributed by atoms with van der Waals surface area (Å²) < 4.78 is 0.738. The van der Waals surface area contributed by atoms with Gasteiger partial charge < -0.3 is 11.1 Å². The first-order valence-electron chi connectivity index (χ1n) is 5.53. The van der Waals surface area contributed by atoms with E-state index in [1.54, 1.807) is 30.3 Å². The molecule has 96 valence electrons. The third kappa shape index (κ3) is 3.39. The standard InChI is InChI=1S/C14H11BrN2OS/c15-11-8-10(13(16)19)6-7-12(11)17-14(18)9-4-2-1-3-5-9/h1-8H,(H2,16,19)(H,17,18). The van der Waals surface area contributed by atoms with Gasteiger partial charge in [0.25, 0.3) is 5.91 Å². The summed E-state index contributed by atoms with van der Waals surface area (Å²) in [7, 11) is 0. The van der Waals surface area contributed by atoms with Gasteiger partial charge in [-0.3, -0.25) is 4.79 Å². The summed E-state index contributed by atoms with van der Waals surface area (Å²) in [5.41, 5.74) is 7.58. The Hall–Kier alpha value is -1.72. The van der Waals surface area contributed by atoms with Crippen molar-refractivity contribution in [2.45, 2.75) is 0 Å². The summed E-state index contributed by atoms with van der Waals surface area (Å²) in [6, 6.07) is 14.3. The molecule has 0 bridgehead atoms. The largest absolute Gasteiger partial charge is 0.389 e. The van der Waals surface area contributed by atoms with E-state index >= 15 is 0 Å². The molecule has 0 radical (unpaired) electrons. The molecule has 0 saturated carbocycles. The molecule has 0 saturated heterocycles. The molecule has 0 aliphatic carbocycles. The van der Waals surface area contributed by atoms with Crippen molar-refractivity contribution in [3.8, 4) is 0 Å². The Labute approximate surface area is 124 Å². The van der Waals surface area contributed by atoms with E-state index in [4.69, 9.17) is 18.0 Å².